The topological polar surface area (TPSA) is 118 Å². The summed E-state index contributed by atoms with van der Waals surface area (Å²) in [6.45, 7) is 0. The predicted octanol–water partition coefficient (Wildman–Crippen LogP) is -3.92. The number of halogens is 3. The van der Waals surface area contributed by atoms with Gasteiger partial charge in [0.2, 0.25) is 0 Å². The molecule has 0 aromatic heterocycles. The Morgan fingerprint density at radius 3 is 1.38 bits per heavy atom. The molecule has 0 atom stereocenters. The van der Waals surface area contributed by atoms with Gasteiger partial charge in [0, 0.05) is 0 Å². The molecule has 3 N–H and O–H groups in total. The zero-order valence-electron chi connectivity index (χ0n) is 6.15. The van der Waals surface area contributed by atoms with Gasteiger partial charge in [-0.05, 0) is 0 Å². The zero-order valence-corrected chi connectivity index (χ0v) is 9.04. The van der Waals surface area contributed by atoms with Crippen molar-refractivity contribution in [3.05, 3.63) is 0 Å². The van der Waals surface area contributed by atoms with Gasteiger partial charge in [0.15, 0.2) is 0 Å². The number of hydrogen-bond donors (Lipinski definition) is 3. The third-order valence-electron chi connectivity index (χ3n) is 0.243. The summed E-state index contributed by atoms with van der Waals surface area (Å²) in [4.78, 5) is 31.8. The summed E-state index contributed by atoms with van der Waals surface area (Å²) in [6, 6.07) is 0. The maximum absolute atomic E-state index is 10.6. The molecule has 0 heterocycles. The summed E-state index contributed by atoms with van der Waals surface area (Å²) in [5.74, 6) is -2.76. The van der Waals surface area contributed by atoms with Gasteiger partial charge >= 0.3 is 41.7 Å². The van der Waals surface area contributed by atoms with E-state index in [4.69, 9.17) is 29.1 Å². The van der Waals surface area contributed by atoms with E-state index in [9.17, 15) is 13.2 Å². The van der Waals surface area contributed by atoms with Crippen LogP contribution in [0.2, 0.25) is 0 Å². The van der Waals surface area contributed by atoms with Gasteiger partial charge in [-0.15, -0.1) is 0 Å². The van der Waals surface area contributed by atoms with Crippen LogP contribution in [0.3, 0.4) is 0 Å². The summed E-state index contributed by atoms with van der Waals surface area (Å²) in [7, 11) is -4.89. The Morgan fingerprint density at radius 1 is 1.31 bits per heavy atom. The number of alkyl halides is 3. The van der Waals surface area contributed by atoms with Gasteiger partial charge in [0.25, 0.3) is 7.82 Å². The van der Waals surface area contributed by atoms with E-state index in [0.717, 1.165) is 0 Å². The van der Waals surface area contributed by atoms with Crippen LogP contribution in [0.4, 0.5) is 13.2 Å². The van der Waals surface area contributed by atoms with E-state index in [1.807, 2.05) is 0 Å². The predicted molar refractivity (Wildman–Crippen MR) is 25.7 cm³/mol. The van der Waals surface area contributed by atoms with Gasteiger partial charge in [-0.3, -0.25) is 4.57 Å². The van der Waals surface area contributed by atoms with Crippen LogP contribution < -0.4 is 34.5 Å². The van der Waals surface area contributed by atoms with Gasteiger partial charge in [0.05, 0.1) is 0 Å². The smallest absolute Gasteiger partial charge is 0.756 e. The van der Waals surface area contributed by atoms with Crippen LogP contribution in [0.5, 0.6) is 0 Å². The maximum atomic E-state index is 10.6. The van der Waals surface area contributed by atoms with Crippen molar-refractivity contribution in [2.45, 2.75) is 6.18 Å². The fourth-order valence-corrected chi connectivity index (χ4v) is 0. The van der Waals surface area contributed by atoms with Gasteiger partial charge in [-0.2, -0.15) is 13.2 Å². The molecule has 0 aromatic carbocycles. The second-order valence-electron chi connectivity index (χ2n) is 1.29. The second-order valence-corrected chi connectivity index (χ2v) is 2.27. The molecular weight excluding hydrogens is 231 g/mol. The molecule has 0 amide bonds. The molecule has 0 fully saturated rings. The van der Waals surface area contributed by atoms with Gasteiger partial charge in [-0.1, -0.05) is 0 Å². The molecule has 74 valence electrons. The first-order valence-corrected chi connectivity index (χ1v) is 3.54. The van der Waals surface area contributed by atoms with Crippen molar-refractivity contribution in [1.29, 1.82) is 0 Å². The fourth-order valence-electron chi connectivity index (χ4n) is 0. The average molecular weight is 234 g/mol. The van der Waals surface area contributed by atoms with Crippen molar-refractivity contribution in [2.75, 3.05) is 0 Å². The van der Waals surface area contributed by atoms with Gasteiger partial charge < -0.3 is 19.8 Å². The second kappa shape index (κ2) is 6.77. The van der Waals surface area contributed by atoms with E-state index in [1.165, 1.54) is 0 Å². The van der Waals surface area contributed by atoms with E-state index >= 15 is 0 Å². The van der Waals surface area contributed by atoms with Gasteiger partial charge in [-0.25, -0.2) is 4.79 Å². The number of hydrogen-bond acceptors (Lipinski definition) is 3. The molecule has 0 saturated carbocycles. The Balaban J connectivity index is -0.000000150. The normalized spacial score (nSPS) is 10.6. The Labute approximate surface area is 91.9 Å². The molecule has 0 spiro atoms. The Morgan fingerprint density at radius 2 is 1.38 bits per heavy atom. The number of aliphatic carboxylic acids is 1. The van der Waals surface area contributed by atoms with Crippen molar-refractivity contribution in [2.24, 2.45) is 0 Å². The first-order valence-electron chi connectivity index (χ1n) is 2.01. The first kappa shape index (κ1) is 19.0. The van der Waals surface area contributed by atoms with Crippen LogP contribution in [0.25, 0.3) is 0 Å². The van der Waals surface area contributed by atoms with Crippen LogP contribution in [-0.2, 0) is 9.36 Å². The summed E-state index contributed by atoms with van der Waals surface area (Å²) >= 11 is 0. The quantitative estimate of drug-likeness (QED) is 0.291. The molecular formula is C2H3F3NaO6P. The van der Waals surface area contributed by atoms with Crippen molar-refractivity contribution in [3.63, 3.8) is 0 Å². The molecule has 0 saturated heterocycles. The molecule has 0 unspecified atom stereocenters. The zero-order chi connectivity index (χ0) is 10.6. The maximum Gasteiger partial charge on any atom is 1.00 e. The summed E-state index contributed by atoms with van der Waals surface area (Å²) in [6.07, 6.45) is -5.08. The summed E-state index contributed by atoms with van der Waals surface area (Å²) < 4.78 is 40.5. The van der Waals surface area contributed by atoms with E-state index in [0.29, 0.717) is 0 Å². The number of rotatable bonds is 0. The number of carboxylic acids is 1. The Hall–Kier alpha value is 0.370. The summed E-state index contributed by atoms with van der Waals surface area (Å²) in [5, 5.41) is 7.12. The van der Waals surface area contributed by atoms with E-state index in [2.05, 4.69) is 0 Å². The van der Waals surface area contributed by atoms with Gasteiger partial charge in [0.1, 0.15) is 0 Å². The third kappa shape index (κ3) is 32.8. The molecule has 0 aliphatic rings. The van der Waals surface area contributed by atoms with Crippen molar-refractivity contribution in [1.82, 2.24) is 0 Å². The van der Waals surface area contributed by atoms with Crippen molar-refractivity contribution < 1.29 is 71.9 Å². The SMILES string of the molecule is O=C(O)C(F)(F)F.O=P([O-])(O)O.[Na+]. The number of carbonyl (C=O) groups is 1. The average Bonchev–Trinajstić information content (AvgIpc) is 1.55. The Bertz CT molecular complexity index is 188. The van der Waals surface area contributed by atoms with Crippen LogP contribution in [0, 0.1) is 0 Å². The van der Waals surface area contributed by atoms with Crippen LogP contribution >= 0.6 is 7.82 Å². The van der Waals surface area contributed by atoms with E-state index in [1.54, 1.807) is 0 Å². The summed E-state index contributed by atoms with van der Waals surface area (Å²) in [5.41, 5.74) is 0. The van der Waals surface area contributed by atoms with Crippen LogP contribution in [0.15, 0.2) is 0 Å². The fraction of sp³-hybridized carbons (Fsp3) is 0.500. The number of carboxylic acid groups (broad SMARTS) is 1. The Kier molecular flexibility index (Phi) is 9.91. The minimum absolute atomic E-state index is 0. The first-order chi connectivity index (χ1) is 4.94. The monoisotopic (exact) mass is 234 g/mol. The molecule has 0 aliphatic carbocycles. The van der Waals surface area contributed by atoms with Crippen molar-refractivity contribution in [3.8, 4) is 0 Å². The molecule has 0 radical (unpaired) electrons. The third-order valence-corrected chi connectivity index (χ3v) is 0.243. The van der Waals surface area contributed by atoms with Crippen molar-refractivity contribution >= 4 is 13.8 Å². The molecule has 0 bridgehead atoms. The molecule has 6 nitrogen and oxygen atoms in total. The molecule has 0 aliphatic heterocycles. The van der Waals surface area contributed by atoms with E-state index < -0.39 is 20.0 Å². The van der Waals surface area contributed by atoms with E-state index in [-0.39, 0.29) is 29.6 Å². The molecule has 0 rings (SSSR count). The molecule has 0 aromatic rings. The largest absolute Gasteiger partial charge is 1.00 e. The minimum atomic E-state index is -5.08. The molecule has 13 heavy (non-hydrogen) atoms. The molecule has 11 heteroatoms. The van der Waals surface area contributed by atoms with Crippen LogP contribution in [-0.4, -0.2) is 27.0 Å². The van der Waals surface area contributed by atoms with Crippen LogP contribution in [0.1, 0.15) is 0 Å². The number of phosphoric acid groups is 1. The standard InChI is InChI=1S/C2HF3O2.Na.H3O4P/c3-2(4,5)1(6)7;;1-5(2,3)4/h(H,6,7);;(H3,1,2,3,4)/q;+1;/p-1. The minimum Gasteiger partial charge on any atom is -0.756 e.